The van der Waals surface area contributed by atoms with E-state index in [0.717, 1.165) is 0 Å². The highest BCUT2D eigenvalue weighted by molar-refractivity contribution is 7.84. The van der Waals surface area contributed by atoms with Crippen LogP contribution in [-0.2, 0) is 0 Å². The van der Waals surface area contributed by atoms with Crippen LogP contribution in [0.2, 0.25) is 0 Å². The van der Waals surface area contributed by atoms with Gasteiger partial charge in [0, 0.05) is 7.05 Å². The van der Waals surface area contributed by atoms with Gasteiger partial charge in [0.05, 0.1) is 10.6 Å². The van der Waals surface area contributed by atoms with E-state index >= 15 is 0 Å². The summed E-state index contributed by atoms with van der Waals surface area (Å²) in [7, 11) is 1.61. The van der Waals surface area contributed by atoms with Crippen LogP contribution in [0.15, 0.2) is 10.7 Å². The van der Waals surface area contributed by atoms with Crippen LogP contribution in [-0.4, -0.2) is 12.0 Å². The number of hydrogen-bond acceptors (Lipinski definition) is 4. The number of allylic oxidation sites excluding steroid dienone is 1. The maximum atomic E-state index is 9.93. The molecule has 0 aliphatic heterocycles. The molecule has 4 nitrogen and oxygen atoms in total. The van der Waals surface area contributed by atoms with Crippen molar-refractivity contribution < 1.29 is 4.92 Å². The van der Waals surface area contributed by atoms with Crippen LogP contribution in [0.25, 0.3) is 0 Å². The Morgan fingerprint density at radius 1 is 1.78 bits per heavy atom. The first-order valence-electron chi connectivity index (χ1n) is 2.31. The molecule has 0 aromatic heterocycles. The number of nitro groups is 1. The van der Waals surface area contributed by atoms with Gasteiger partial charge in [0.1, 0.15) is 0 Å². The minimum Gasteiger partial charge on any atom is -0.386 e. The molecule has 0 aromatic carbocycles. The highest BCUT2D eigenvalue weighted by Crippen LogP contribution is 2.04. The summed E-state index contributed by atoms with van der Waals surface area (Å²) in [6, 6.07) is 0. The summed E-state index contributed by atoms with van der Waals surface area (Å²) in [6.07, 6.45) is 0. The number of rotatable bonds is 2. The Morgan fingerprint density at radius 2 is 2.22 bits per heavy atom. The number of hydrogen-bond donors (Lipinski definition) is 2. The summed E-state index contributed by atoms with van der Waals surface area (Å²) in [6.45, 7) is 1.59. The lowest BCUT2D eigenvalue weighted by atomic mass is 10.5. The third-order valence-electron chi connectivity index (χ3n) is 0.883. The molecule has 0 unspecified atom stereocenters. The second-order valence-electron chi connectivity index (χ2n) is 1.46. The van der Waals surface area contributed by atoms with E-state index in [9.17, 15) is 10.1 Å². The van der Waals surface area contributed by atoms with Crippen LogP contribution in [0.4, 0.5) is 0 Å². The molecular weight excluding hydrogens is 140 g/mol. The molecule has 0 radical (unpaired) electrons. The van der Waals surface area contributed by atoms with E-state index in [0.29, 0.717) is 5.70 Å². The average Bonchev–Trinajstić information content (AvgIpc) is 1.84. The molecule has 9 heavy (non-hydrogen) atoms. The molecule has 0 saturated heterocycles. The minimum atomic E-state index is -0.547. The second-order valence-corrected chi connectivity index (χ2v) is 1.88. The zero-order valence-electron chi connectivity index (χ0n) is 5.21. The van der Waals surface area contributed by atoms with Crippen LogP contribution in [0.3, 0.4) is 0 Å². The predicted molar refractivity (Wildman–Crippen MR) is 37.7 cm³/mol. The largest absolute Gasteiger partial charge is 0.386 e. The SMILES string of the molecule is CNC(C)=C(S)[N+](=O)[O-]. The number of nitrogens with one attached hydrogen (secondary N) is 1. The van der Waals surface area contributed by atoms with Gasteiger partial charge >= 0.3 is 5.03 Å². The average molecular weight is 148 g/mol. The molecule has 0 amide bonds. The first-order chi connectivity index (χ1) is 4.09. The van der Waals surface area contributed by atoms with Crippen LogP contribution in [0, 0.1) is 10.1 Å². The molecule has 5 heteroatoms. The van der Waals surface area contributed by atoms with Gasteiger partial charge in [0.25, 0.3) is 0 Å². The minimum absolute atomic E-state index is 0.141. The van der Waals surface area contributed by atoms with Crippen molar-refractivity contribution in [1.29, 1.82) is 0 Å². The van der Waals surface area contributed by atoms with Crippen molar-refractivity contribution >= 4 is 12.6 Å². The van der Waals surface area contributed by atoms with Gasteiger partial charge in [-0.3, -0.25) is 10.1 Å². The number of thiol groups is 1. The van der Waals surface area contributed by atoms with Gasteiger partial charge in [0.2, 0.25) is 0 Å². The molecule has 52 valence electrons. The van der Waals surface area contributed by atoms with Crippen molar-refractivity contribution in [3.8, 4) is 0 Å². The van der Waals surface area contributed by atoms with Crippen molar-refractivity contribution in [2.45, 2.75) is 6.92 Å². The number of nitrogens with zero attached hydrogens (tertiary/aromatic N) is 1. The van der Waals surface area contributed by atoms with Gasteiger partial charge in [-0.15, -0.1) is 0 Å². The summed E-state index contributed by atoms with van der Waals surface area (Å²) in [4.78, 5) is 9.38. The van der Waals surface area contributed by atoms with Gasteiger partial charge in [-0.2, -0.15) is 0 Å². The Labute approximate surface area is 58.5 Å². The smallest absolute Gasteiger partial charge is 0.318 e. The Balaban J connectivity index is 4.28. The van der Waals surface area contributed by atoms with E-state index < -0.39 is 4.92 Å². The molecule has 0 aromatic rings. The van der Waals surface area contributed by atoms with Crippen molar-refractivity contribution in [2.75, 3.05) is 7.05 Å². The van der Waals surface area contributed by atoms with Crippen LogP contribution >= 0.6 is 12.6 Å². The van der Waals surface area contributed by atoms with Crippen molar-refractivity contribution in [3.05, 3.63) is 20.8 Å². The third kappa shape index (κ3) is 2.36. The van der Waals surface area contributed by atoms with E-state index in [2.05, 4.69) is 17.9 Å². The maximum Gasteiger partial charge on any atom is 0.318 e. The molecule has 0 aliphatic carbocycles. The zero-order valence-corrected chi connectivity index (χ0v) is 6.11. The molecule has 0 fully saturated rings. The normalized spacial score (nSPS) is 12.3. The van der Waals surface area contributed by atoms with Crippen LogP contribution < -0.4 is 5.32 Å². The van der Waals surface area contributed by atoms with Crippen LogP contribution in [0.5, 0.6) is 0 Å². The second kappa shape index (κ2) is 3.34. The topological polar surface area (TPSA) is 55.2 Å². The fourth-order valence-corrected chi connectivity index (χ4v) is 0.361. The summed E-state index contributed by atoms with van der Waals surface area (Å²) in [5.74, 6) is 0. The molecule has 0 heterocycles. The van der Waals surface area contributed by atoms with Gasteiger partial charge < -0.3 is 5.32 Å². The quantitative estimate of drug-likeness (QED) is 0.342. The van der Waals surface area contributed by atoms with Crippen molar-refractivity contribution in [1.82, 2.24) is 5.32 Å². The summed E-state index contributed by atoms with van der Waals surface area (Å²) >= 11 is 3.62. The lowest BCUT2D eigenvalue weighted by Crippen LogP contribution is -2.07. The van der Waals surface area contributed by atoms with E-state index in [4.69, 9.17) is 0 Å². The Kier molecular flexibility index (Phi) is 3.08. The molecular formula is C4H8N2O2S. The van der Waals surface area contributed by atoms with Crippen molar-refractivity contribution in [3.63, 3.8) is 0 Å². The van der Waals surface area contributed by atoms with E-state index in [1.54, 1.807) is 14.0 Å². The molecule has 0 saturated carbocycles. The summed E-state index contributed by atoms with van der Waals surface area (Å²) in [5.41, 5.74) is 0.461. The van der Waals surface area contributed by atoms with Crippen LogP contribution in [0.1, 0.15) is 6.92 Å². The van der Waals surface area contributed by atoms with Gasteiger partial charge in [-0.25, -0.2) is 0 Å². The molecule has 0 spiro atoms. The fourth-order valence-electron chi connectivity index (χ4n) is 0.249. The van der Waals surface area contributed by atoms with E-state index in [-0.39, 0.29) is 5.03 Å². The fraction of sp³-hybridized carbons (Fsp3) is 0.500. The lowest BCUT2D eigenvalue weighted by Gasteiger charge is -1.95. The molecule has 0 aliphatic rings. The van der Waals surface area contributed by atoms with E-state index in [1.807, 2.05) is 0 Å². The Bertz CT molecular complexity index is 155. The predicted octanol–water partition coefficient (Wildman–Crippen LogP) is 0.601. The molecule has 0 atom stereocenters. The Morgan fingerprint density at radius 3 is 2.33 bits per heavy atom. The lowest BCUT2D eigenvalue weighted by molar-refractivity contribution is -0.411. The summed E-state index contributed by atoms with van der Waals surface area (Å²) in [5, 5.41) is 12.4. The highest BCUT2D eigenvalue weighted by atomic mass is 32.1. The third-order valence-corrected chi connectivity index (χ3v) is 1.38. The molecule has 0 rings (SSSR count). The first kappa shape index (κ1) is 8.29. The monoisotopic (exact) mass is 148 g/mol. The first-order valence-corrected chi connectivity index (χ1v) is 2.76. The van der Waals surface area contributed by atoms with Gasteiger partial charge in [0.15, 0.2) is 0 Å². The molecule has 1 N–H and O–H groups in total. The Hall–Kier alpha value is -0.710. The van der Waals surface area contributed by atoms with Crippen molar-refractivity contribution in [2.24, 2.45) is 0 Å². The van der Waals surface area contributed by atoms with E-state index in [1.165, 1.54) is 0 Å². The summed E-state index contributed by atoms with van der Waals surface area (Å²) < 4.78 is 0. The zero-order chi connectivity index (χ0) is 7.44. The van der Waals surface area contributed by atoms with Gasteiger partial charge in [-0.05, 0) is 6.92 Å². The van der Waals surface area contributed by atoms with Gasteiger partial charge in [-0.1, -0.05) is 12.6 Å². The molecule has 0 bridgehead atoms. The standard InChI is InChI=1S/C4H8N2O2S/c1-3(5-2)4(9)6(7)8/h5,9H,1-2H3. The maximum absolute atomic E-state index is 9.93. The highest BCUT2D eigenvalue weighted by Gasteiger charge is 2.06.